The fourth-order valence-corrected chi connectivity index (χ4v) is 2.99. The van der Waals surface area contributed by atoms with Gasteiger partial charge >= 0.3 is 0 Å². The van der Waals surface area contributed by atoms with Gasteiger partial charge in [-0.1, -0.05) is 78.3 Å². The van der Waals surface area contributed by atoms with Gasteiger partial charge in [-0.15, -0.1) is 0 Å². The molecule has 1 atom stereocenters. The highest BCUT2D eigenvalue weighted by Crippen LogP contribution is 2.33. The zero-order valence-corrected chi connectivity index (χ0v) is 12.0. The summed E-state index contributed by atoms with van der Waals surface area (Å²) < 4.78 is 0. The third kappa shape index (κ3) is 2.08. The van der Waals surface area contributed by atoms with Crippen molar-refractivity contribution in [3.05, 3.63) is 77.9 Å². The van der Waals surface area contributed by atoms with Crippen LogP contribution in [0.5, 0.6) is 0 Å². The number of hydrogen-bond acceptors (Lipinski definition) is 2. The molecule has 0 aliphatic carbocycles. The van der Waals surface area contributed by atoms with Crippen molar-refractivity contribution in [3.8, 4) is 0 Å². The topological polar surface area (TPSA) is 24.4 Å². The summed E-state index contributed by atoms with van der Waals surface area (Å²) in [6.45, 7) is 0. The first-order chi connectivity index (χ1) is 10.3. The average molecular weight is 293 g/mol. The summed E-state index contributed by atoms with van der Waals surface area (Å²) in [5, 5.41) is 5.65. The fourth-order valence-electron chi connectivity index (χ4n) is 2.78. The van der Waals surface area contributed by atoms with E-state index in [0.29, 0.717) is 0 Å². The molecule has 1 unspecified atom stereocenters. The molecule has 1 aliphatic rings. The van der Waals surface area contributed by atoms with E-state index in [-0.39, 0.29) is 0 Å². The van der Waals surface area contributed by atoms with Crippen molar-refractivity contribution in [2.45, 2.75) is 5.62 Å². The van der Waals surface area contributed by atoms with E-state index < -0.39 is 5.62 Å². The quantitative estimate of drug-likeness (QED) is 0.513. The predicted octanol–water partition coefficient (Wildman–Crippen LogP) is 4.63. The number of alkyl halides is 1. The van der Waals surface area contributed by atoms with Crippen LogP contribution >= 0.6 is 11.6 Å². The minimum atomic E-state index is -0.446. The highest BCUT2D eigenvalue weighted by molar-refractivity contribution is 6.27. The molecule has 3 aromatic rings. The molecule has 0 saturated carbocycles. The number of fused-ring (bicyclic) bond motifs is 3. The van der Waals surface area contributed by atoms with Gasteiger partial charge in [0, 0.05) is 16.5 Å². The number of halogens is 1. The Morgan fingerprint density at radius 2 is 1.62 bits per heavy atom. The average Bonchev–Trinajstić information content (AvgIpc) is 2.55. The van der Waals surface area contributed by atoms with E-state index in [4.69, 9.17) is 11.6 Å². The zero-order chi connectivity index (χ0) is 14.2. The second-order valence-corrected chi connectivity index (χ2v) is 5.45. The zero-order valence-electron chi connectivity index (χ0n) is 11.3. The number of hydrogen-bond donors (Lipinski definition) is 1. The molecule has 0 aromatic heterocycles. The maximum atomic E-state index is 6.29. The smallest absolute Gasteiger partial charge is 0.196 e. The normalized spacial score (nSPS) is 17.0. The Morgan fingerprint density at radius 3 is 2.48 bits per heavy atom. The van der Waals surface area contributed by atoms with Gasteiger partial charge in [0.15, 0.2) is 5.62 Å². The minimum absolute atomic E-state index is 0.446. The van der Waals surface area contributed by atoms with Crippen molar-refractivity contribution in [2.75, 3.05) is 5.32 Å². The molecule has 4 rings (SSSR count). The molecule has 0 fully saturated rings. The van der Waals surface area contributed by atoms with Crippen LogP contribution in [0.2, 0.25) is 0 Å². The Morgan fingerprint density at radius 1 is 0.857 bits per heavy atom. The molecule has 1 aliphatic heterocycles. The van der Waals surface area contributed by atoms with Gasteiger partial charge in [-0.2, -0.15) is 0 Å². The SMILES string of the molecule is ClC1N=C(c2ccccc2)c2ccc3ccccc3c2N1. The lowest BCUT2D eigenvalue weighted by Gasteiger charge is -2.24. The first-order valence-corrected chi connectivity index (χ1v) is 7.32. The minimum Gasteiger partial charge on any atom is -0.350 e. The van der Waals surface area contributed by atoms with Gasteiger partial charge in [-0.05, 0) is 5.39 Å². The summed E-state index contributed by atoms with van der Waals surface area (Å²) in [6.07, 6.45) is 0. The molecular weight excluding hydrogens is 280 g/mol. The molecule has 21 heavy (non-hydrogen) atoms. The fraction of sp³-hybridized carbons (Fsp3) is 0.0556. The summed E-state index contributed by atoms with van der Waals surface area (Å²) in [5.74, 6) is 0. The van der Waals surface area contributed by atoms with Gasteiger partial charge in [0.2, 0.25) is 0 Å². The van der Waals surface area contributed by atoms with Crippen molar-refractivity contribution in [1.29, 1.82) is 0 Å². The van der Waals surface area contributed by atoms with Gasteiger partial charge in [0.25, 0.3) is 0 Å². The van der Waals surface area contributed by atoms with Crippen LogP contribution in [0.3, 0.4) is 0 Å². The lowest BCUT2D eigenvalue weighted by atomic mass is 9.95. The number of aliphatic imine (C=N–C) groups is 1. The molecule has 1 heterocycles. The largest absolute Gasteiger partial charge is 0.350 e. The van der Waals surface area contributed by atoms with Crippen molar-refractivity contribution in [1.82, 2.24) is 0 Å². The molecule has 0 bridgehead atoms. The molecular formula is C18H13ClN2. The lowest BCUT2D eigenvalue weighted by Crippen LogP contribution is -2.22. The van der Waals surface area contributed by atoms with Gasteiger partial charge in [-0.3, -0.25) is 0 Å². The predicted molar refractivity (Wildman–Crippen MR) is 89.3 cm³/mol. The molecule has 3 heteroatoms. The van der Waals surface area contributed by atoms with Crippen molar-refractivity contribution < 1.29 is 0 Å². The summed E-state index contributed by atoms with van der Waals surface area (Å²) in [4.78, 5) is 4.57. The number of benzene rings is 3. The van der Waals surface area contributed by atoms with Crippen LogP contribution in [0.25, 0.3) is 10.8 Å². The monoisotopic (exact) mass is 292 g/mol. The Balaban J connectivity index is 1.99. The van der Waals surface area contributed by atoms with E-state index in [2.05, 4.69) is 46.7 Å². The Kier molecular flexibility index (Phi) is 2.90. The second-order valence-electron chi connectivity index (χ2n) is 5.03. The Bertz CT molecular complexity index is 840. The van der Waals surface area contributed by atoms with E-state index in [1.807, 2.05) is 30.3 Å². The van der Waals surface area contributed by atoms with Crippen LogP contribution < -0.4 is 5.32 Å². The van der Waals surface area contributed by atoms with Crippen LogP contribution in [0, 0.1) is 0 Å². The van der Waals surface area contributed by atoms with E-state index in [9.17, 15) is 0 Å². The highest BCUT2D eigenvalue weighted by atomic mass is 35.5. The molecule has 0 saturated heterocycles. The Labute approximate surface area is 128 Å². The summed E-state index contributed by atoms with van der Waals surface area (Å²) in [7, 11) is 0. The maximum absolute atomic E-state index is 6.29. The van der Waals surface area contributed by atoms with Crippen molar-refractivity contribution >= 4 is 33.8 Å². The molecule has 102 valence electrons. The lowest BCUT2D eigenvalue weighted by molar-refractivity contribution is 1.03. The van der Waals surface area contributed by atoms with Crippen LogP contribution in [-0.4, -0.2) is 11.3 Å². The molecule has 0 radical (unpaired) electrons. The summed E-state index contributed by atoms with van der Waals surface area (Å²) >= 11 is 6.29. The third-order valence-corrected chi connectivity index (χ3v) is 3.94. The first-order valence-electron chi connectivity index (χ1n) is 6.89. The summed E-state index contributed by atoms with van der Waals surface area (Å²) in [5.41, 5.74) is 3.73. The van der Waals surface area contributed by atoms with E-state index in [1.165, 1.54) is 10.8 Å². The number of nitrogens with zero attached hydrogens (tertiary/aromatic N) is 1. The van der Waals surface area contributed by atoms with Gasteiger partial charge in [-0.25, -0.2) is 4.99 Å². The molecule has 0 amide bonds. The molecule has 3 aromatic carbocycles. The van der Waals surface area contributed by atoms with Crippen LogP contribution in [0.1, 0.15) is 11.1 Å². The molecule has 1 N–H and O–H groups in total. The highest BCUT2D eigenvalue weighted by Gasteiger charge is 2.21. The third-order valence-electron chi connectivity index (χ3n) is 3.74. The Hall–Kier alpha value is -2.32. The van der Waals surface area contributed by atoms with Gasteiger partial charge < -0.3 is 5.32 Å². The molecule has 0 spiro atoms. The molecule has 2 nitrogen and oxygen atoms in total. The van der Waals surface area contributed by atoms with Crippen LogP contribution in [-0.2, 0) is 0 Å². The second kappa shape index (κ2) is 4.90. The van der Waals surface area contributed by atoms with Gasteiger partial charge in [0.1, 0.15) is 0 Å². The maximum Gasteiger partial charge on any atom is 0.196 e. The standard InChI is InChI=1S/C18H13ClN2/c19-18-20-16(13-7-2-1-3-8-13)15-11-10-12-6-4-5-9-14(12)17(15)21-18/h1-11,18,21H. The van der Waals surface area contributed by atoms with Crippen molar-refractivity contribution in [3.63, 3.8) is 0 Å². The van der Waals surface area contributed by atoms with Gasteiger partial charge in [0.05, 0.1) is 11.4 Å². The number of rotatable bonds is 1. The summed E-state index contributed by atoms with van der Waals surface area (Å²) in [6, 6.07) is 22.7. The van der Waals surface area contributed by atoms with Crippen LogP contribution in [0.15, 0.2) is 71.7 Å². The first kappa shape index (κ1) is 12.4. The number of anilines is 1. The van der Waals surface area contributed by atoms with E-state index >= 15 is 0 Å². The van der Waals surface area contributed by atoms with Crippen LogP contribution in [0.4, 0.5) is 5.69 Å². The van der Waals surface area contributed by atoms with Crippen molar-refractivity contribution in [2.24, 2.45) is 4.99 Å². The van der Waals surface area contributed by atoms with E-state index in [1.54, 1.807) is 0 Å². The number of nitrogens with one attached hydrogen (secondary N) is 1. The van der Waals surface area contributed by atoms with E-state index in [0.717, 1.165) is 22.5 Å².